The Bertz CT molecular complexity index is 552. The van der Waals surface area contributed by atoms with E-state index in [1.165, 1.54) is 0 Å². The molecule has 1 aromatic rings. The molecule has 21 heavy (non-hydrogen) atoms. The number of hydrogen-bond acceptors (Lipinski definition) is 4. The molecular weight excluding hydrogens is 288 g/mol. The maximum absolute atomic E-state index is 11.8. The highest BCUT2D eigenvalue weighted by molar-refractivity contribution is 7.80. The van der Waals surface area contributed by atoms with Crippen LogP contribution in [0, 0.1) is 5.41 Å². The van der Waals surface area contributed by atoms with Crippen LogP contribution in [0.25, 0.3) is 0 Å². The van der Waals surface area contributed by atoms with Gasteiger partial charge in [-0.3, -0.25) is 4.79 Å². The standard InChI is InChI=1S/C15H20N2O3S/c1-15(2,3)9-13(18)17-14(21)16-10-4-5-11-12(8-10)20-7-6-19-11/h4-5,8H,6-7,9H2,1-3H3,(H2,16,17,18,21). The van der Waals surface area contributed by atoms with Crippen LogP contribution >= 0.6 is 12.2 Å². The molecule has 0 saturated carbocycles. The molecule has 1 amide bonds. The molecular formula is C15H20N2O3S. The van der Waals surface area contributed by atoms with E-state index in [1.54, 1.807) is 6.07 Å². The molecule has 1 aliphatic heterocycles. The first kappa shape index (κ1) is 15.6. The second-order valence-electron chi connectivity index (χ2n) is 6.10. The third kappa shape index (κ3) is 4.90. The number of amides is 1. The van der Waals surface area contributed by atoms with Crippen LogP contribution in [0.5, 0.6) is 11.5 Å². The van der Waals surface area contributed by atoms with Crippen molar-refractivity contribution in [3.63, 3.8) is 0 Å². The van der Waals surface area contributed by atoms with Gasteiger partial charge < -0.3 is 20.1 Å². The molecule has 2 N–H and O–H groups in total. The van der Waals surface area contributed by atoms with Crippen LogP contribution < -0.4 is 20.1 Å². The van der Waals surface area contributed by atoms with E-state index in [1.807, 2.05) is 32.9 Å². The zero-order valence-electron chi connectivity index (χ0n) is 12.5. The summed E-state index contributed by atoms with van der Waals surface area (Å²) >= 11 is 5.14. The van der Waals surface area contributed by atoms with Crippen molar-refractivity contribution in [2.24, 2.45) is 5.41 Å². The highest BCUT2D eigenvalue weighted by Gasteiger charge is 2.17. The number of nitrogens with one attached hydrogen (secondary N) is 2. The van der Waals surface area contributed by atoms with Crippen molar-refractivity contribution in [2.75, 3.05) is 18.5 Å². The summed E-state index contributed by atoms with van der Waals surface area (Å²) in [4.78, 5) is 11.8. The lowest BCUT2D eigenvalue weighted by molar-refractivity contribution is -0.121. The molecule has 0 bridgehead atoms. The van der Waals surface area contributed by atoms with Crippen LogP contribution in [-0.2, 0) is 4.79 Å². The molecule has 0 aliphatic carbocycles. The van der Waals surface area contributed by atoms with E-state index < -0.39 is 0 Å². The maximum Gasteiger partial charge on any atom is 0.226 e. The van der Waals surface area contributed by atoms with Gasteiger partial charge in [-0.05, 0) is 29.8 Å². The van der Waals surface area contributed by atoms with E-state index in [-0.39, 0.29) is 16.4 Å². The second kappa shape index (κ2) is 6.30. The lowest BCUT2D eigenvalue weighted by Crippen LogP contribution is -2.36. The molecule has 0 atom stereocenters. The van der Waals surface area contributed by atoms with Gasteiger partial charge in [0.2, 0.25) is 5.91 Å². The number of ether oxygens (including phenoxy) is 2. The molecule has 0 unspecified atom stereocenters. The smallest absolute Gasteiger partial charge is 0.226 e. The Morgan fingerprint density at radius 1 is 1.24 bits per heavy atom. The molecule has 1 aliphatic rings. The summed E-state index contributed by atoms with van der Waals surface area (Å²) in [6.07, 6.45) is 0.413. The van der Waals surface area contributed by atoms with Crippen molar-refractivity contribution in [2.45, 2.75) is 27.2 Å². The second-order valence-corrected chi connectivity index (χ2v) is 6.51. The Labute approximate surface area is 130 Å². The topological polar surface area (TPSA) is 59.6 Å². The van der Waals surface area contributed by atoms with E-state index in [2.05, 4.69) is 10.6 Å². The third-order valence-corrected chi connectivity index (χ3v) is 2.95. The van der Waals surface area contributed by atoms with E-state index in [0.717, 1.165) is 11.4 Å². The van der Waals surface area contributed by atoms with E-state index in [4.69, 9.17) is 21.7 Å². The number of benzene rings is 1. The summed E-state index contributed by atoms with van der Waals surface area (Å²) in [6.45, 7) is 7.10. The predicted octanol–water partition coefficient (Wildman–Crippen LogP) is 2.71. The number of fused-ring (bicyclic) bond motifs is 1. The fourth-order valence-electron chi connectivity index (χ4n) is 1.94. The lowest BCUT2D eigenvalue weighted by Gasteiger charge is -2.20. The molecule has 2 rings (SSSR count). The molecule has 1 aromatic carbocycles. The average molecular weight is 308 g/mol. The summed E-state index contributed by atoms with van der Waals surface area (Å²) in [5, 5.41) is 5.93. The highest BCUT2D eigenvalue weighted by Crippen LogP contribution is 2.32. The normalized spacial score (nSPS) is 13.5. The number of rotatable bonds is 2. The zero-order valence-corrected chi connectivity index (χ0v) is 13.3. The van der Waals surface area contributed by atoms with Gasteiger partial charge >= 0.3 is 0 Å². The minimum Gasteiger partial charge on any atom is -0.486 e. The monoisotopic (exact) mass is 308 g/mol. The quantitative estimate of drug-likeness (QED) is 0.823. The zero-order chi connectivity index (χ0) is 15.5. The molecule has 0 fully saturated rings. The Balaban J connectivity index is 1.92. The largest absolute Gasteiger partial charge is 0.486 e. The molecule has 6 heteroatoms. The first-order chi connectivity index (χ1) is 9.83. The van der Waals surface area contributed by atoms with Crippen LogP contribution in [0.3, 0.4) is 0 Å². The summed E-state index contributed by atoms with van der Waals surface area (Å²) in [5.74, 6) is 1.29. The van der Waals surface area contributed by atoms with E-state index >= 15 is 0 Å². The van der Waals surface area contributed by atoms with Gasteiger partial charge in [0, 0.05) is 18.2 Å². The summed E-state index contributed by atoms with van der Waals surface area (Å²) in [7, 11) is 0. The number of hydrogen-bond donors (Lipinski definition) is 2. The fourth-order valence-corrected chi connectivity index (χ4v) is 2.17. The molecule has 0 radical (unpaired) electrons. The Kier molecular flexibility index (Phi) is 4.67. The molecule has 1 heterocycles. The highest BCUT2D eigenvalue weighted by atomic mass is 32.1. The Morgan fingerprint density at radius 2 is 1.90 bits per heavy atom. The number of carbonyl (C=O) groups is 1. The minimum absolute atomic E-state index is 0.0727. The van der Waals surface area contributed by atoms with Gasteiger partial charge in [-0.1, -0.05) is 20.8 Å². The van der Waals surface area contributed by atoms with E-state index in [9.17, 15) is 4.79 Å². The molecule has 0 aromatic heterocycles. The number of anilines is 1. The van der Waals surface area contributed by atoms with Gasteiger partial charge in [0.05, 0.1) is 0 Å². The van der Waals surface area contributed by atoms with Crippen molar-refractivity contribution < 1.29 is 14.3 Å². The van der Waals surface area contributed by atoms with Gasteiger partial charge in [-0.25, -0.2) is 0 Å². The summed E-state index contributed by atoms with van der Waals surface area (Å²) in [5.41, 5.74) is 0.678. The van der Waals surface area contributed by atoms with Crippen LogP contribution in [0.15, 0.2) is 18.2 Å². The summed E-state index contributed by atoms with van der Waals surface area (Å²) < 4.78 is 10.9. The van der Waals surface area contributed by atoms with Crippen LogP contribution in [0.2, 0.25) is 0 Å². The molecule has 114 valence electrons. The number of carbonyl (C=O) groups excluding carboxylic acids is 1. The number of thiocarbonyl (C=S) groups is 1. The van der Waals surface area contributed by atoms with Crippen molar-refractivity contribution in [3.8, 4) is 11.5 Å². The van der Waals surface area contributed by atoms with Gasteiger partial charge in [0.25, 0.3) is 0 Å². The predicted molar refractivity (Wildman–Crippen MR) is 85.9 cm³/mol. The van der Waals surface area contributed by atoms with Crippen molar-refractivity contribution in [1.29, 1.82) is 0 Å². The van der Waals surface area contributed by atoms with Gasteiger partial charge in [0.15, 0.2) is 16.6 Å². The first-order valence-electron chi connectivity index (χ1n) is 6.84. The maximum atomic E-state index is 11.8. The molecule has 0 spiro atoms. The van der Waals surface area contributed by atoms with Gasteiger partial charge in [-0.15, -0.1) is 0 Å². The Hall–Kier alpha value is -1.82. The van der Waals surface area contributed by atoms with Crippen LogP contribution in [-0.4, -0.2) is 24.2 Å². The van der Waals surface area contributed by atoms with Gasteiger partial charge in [0.1, 0.15) is 13.2 Å². The van der Waals surface area contributed by atoms with Crippen LogP contribution in [0.4, 0.5) is 5.69 Å². The summed E-state index contributed by atoms with van der Waals surface area (Å²) in [6, 6.07) is 5.45. The lowest BCUT2D eigenvalue weighted by atomic mass is 9.92. The van der Waals surface area contributed by atoms with Crippen molar-refractivity contribution >= 4 is 28.9 Å². The van der Waals surface area contributed by atoms with Crippen LogP contribution in [0.1, 0.15) is 27.2 Å². The Morgan fingerprint density at radius 3 is 2.57 bits per heavy atom. The average Bonchev–Trinajstić information content (AvgIpc) is 2.35. The fraction of sp³-hybridized carbons (Fsp3) is 0.467. The van der Waals surface area contributed by atoms with Crippen molar-refractivity contribution in [1.82, 2.24) is 5.32 Å². The molecule has 5 nitrogen and oxygen atoms in total. The SMILES string of the molecule is CC(C)(C)CC(=O)NC(=S)Nc1ccc2c(c1)OCCO2. The molecule has 0 saturated heterocycles. The third-order valence-electron chi connectivity index (χ3n) is 2.74. The minimum atomic E-state index is -0.0995. The van der Waals surface area contributed by atoms with Crippen molar-refractivity contribution in [3.05, 3.63) is 18.2 Å². The first-order valence-corrected chi connectivity index (χ1v) is 7.25. The van der Waals surface area contributed by atoms with Gasteiger partial charge in [-0.2, -0.15) is 0 Å². The van der Waals surface area contributed by atoms with E-state index in [0.29, 0.717) is 25.4 Å².